The Hall–Kier alpha value is -1.51. The van der Waals surface area contributed by atoms with Crippen molar-refractivity contribution in [2.45, 2.75) is 360 Å². The fourth-order valence-corrected chi connectivity index (χ4v) is 11.1. The predicted octanol–water partition coefficient (Wildman–Crippen LogP) is 21.3. The van der Waals surface area contributed by atoms with E-state index in [1.807, 2.05) is 33.3 Å². The molecule has 0 spiro atoms. The molecule has 9 nitrogen and oxygen atoms in total. The first-order valence-electron chi connectivity index (χ1n) is 34.2. The van der Waals surface area contributed by atoms with Gasteiger partial charge in [-0.1, -0.05) is 302 Å². The summed E-state index contributed by atoms with van der Waals surface area (Å²) in [5, 5.41) is 3.07. The first kappa shape index (κ1) is 76.5. The molecule has 0 rings (SSSR count). The van der Waals surface area contributed by atoms with Crippen LogP contribution in [0.3, 0.4) is 0 Å². The van der Waals surface area contributed by atoms with Crippen molar-refractivity contribution in [2.24, 2.45) is 0 Å². The number of phosphoric ester groups is 1. The van der Waals surface area contributed by atoms with Crippen molar-refractivity contribution in [3.05, 3.63) is 24.3 Å². The molecule has 2 N–H and O–H groups in total. The average Bonchev–Trinajstić information content (AvgIpc) is 3.40. The molecule has 0 aromatic heterocycles. The lowest BCUT2D eigenvalue weighted by Crippen LogP contribution is -2.47. The van der Waals surface area contributed by atoms with Crippen LogP contribution in [0.4, 0.5) is 0 Å². The maximum absolute atomic E-state index is 13.6. The molecular weight excluding hydrogens is 988 g/mol. The number of esters is 1. The van der Waals surface area contributed by atoms with E-state index < -0.39 is 20.0 Å². The maximum Gasteiger partial charge on any atom is 0.472 e. The zero-order valence-electron chi connectivity index (χ0n) is 52.9. The van der Waals surface area contributed by atoms with E-state index in [-0.39, 0.29) is 25.1 Å². The number of likely N-dealkylation sites (N-methyl/N-ethyl adjacent to an activating group) is 1. The van der Waals surface area contributed by atoms with Gasteiger partial charge in [-0.05, 0) is 57.4 Å². The predicted molar refractivity (Wildman–Crippen MR) is 337 cm³/mol. The summed E-state index contributed by atoms with van der Waals surface area (Å²) in [7, 11) is 1.52. The molecular formula is C68H134N2O7P+. The van der Waals surface area contributed by atoms with Crippen LogP contribution in [0.25, 0.3) is 0 Å². The van der Waals surface area contributed by atoms with Crippen LogP contribution in [0, 0.1) is 0 Å². The third-order valence-electron chi connectivity index (χ3n) is 15.6. The molecule has 462 valence electrons. The van der Waals surface area contributed by atoms with Crippen LogP contribution in [-0.4, -0.2) is 74.3 Å². The van der Waals surface area contributed by atoms with Gasteiger partial charge in [-0.2, -0.15) is 0 Å². The molecule has 0 fully saturated rings. The van der Waals surface area contributed by atoms with Gasteiger partial charge in [-0.25, -0.2) is 4.57 Å². The Morgan fingerprint density at radius 2 is 0.744 bits per heavy atom. The van der Waals surface area contributed by atoms with Gasteiger partial charge in [0.2, 0.25) is 5.91 Å². The van der Waals surface area contributed by atoms with Crippen molar-refractivity contribution in [1.82, 2.24) is 5.32 Å². The number of unbranched alkanes of at least 4 members (excludes halogenated alkanes) is 45. The number of nitrogens with one attached hydrogen (secondary N) is 1. The molecule has 0 aromatic rings. The fraction of sp³-hybridized carbons (Fsp3) is 0.912. The number of hydrogen-bond donors (Lipinski definition) is 2. The smallest absolute Gasteiger partial charge is 0.456 e. The number of nitrogens with zero attached hydrogens (tertiary/aromatic N) is 1. The summed E-state index contributed by atoms with van der Waals surface area (Å²) >= 11 is 0. The fourth-order valence-electron chi connectivity index (χ4n) is 10.4. The van der Waals surface area contributed by atoms with Gasteiger partial charge in [-0.15, -0.1) is 0 Å². The van der Waals surface area contributed by atoms with Gasteiger partial charge in [0.1, 0.15) is 19.3 Å². The Bertz CT molecular complexity index is 1380. The number of carbonyl (C=O) groups is 2. The Kier molecular flexibility index (Phi) is 57.5. The van der Waals surface area contributed by atoms with Gasteiger partial charge in [-0.3, -0.25) is 18.6 Å². The lowest BCUT2D eigenvalue weighted by Gasteiger charge is -2.27. The van der Waals surface area contributed by atoms with Crippen LogP contribution in [0.1, 0.15) is 348 Å². The monoisotopic (exact) mass is 1120 g/mol. The standard InChI is InChI=1S/C68H133N2O7P/c1-7-10-13-16-19-22-25-28-30-31-32-33-34-35-36-37-38-39-41-42-45-48-51-54-57-60-67(71)69-65(64-76-78(73,74)75-63-62-70(4,5)6)66(59-56-53-50-47-44-27-24-21-18-15-12-9-3)77-68(72)61-58-55-52-49-46-43-40-29-26-23-20-17-14-11-8-2/h28,30,56,59,65-66H,7-27,29,31-55,57-58,60-64H2,1-6H3,(H-,69,71,73,74)/p+1/b30-28+,59-56-. The molecule has 1 amide bonds. The Morgan fingerprint density at radius 1 is 0.436 bits per heavy atom. The minimum atomic E-state index is -4.44. The minimum absolute atomic E-state index is 0.0445. The van der Waals surface area contributed by atoms with Crippen molar-refractivity contribution in [3.63, 3.8) is 0 Å². The highest BCUT2D eigenvalue weighted by Gasteiger charge is 2.30. The molecule has 0 aromatic carbocycles. The van der Waals surface area contributed by atoms with Crippen LogP contribution in [0.2, 0.25) is 0 Å². The van der Waals surface area contributed by atoms with Gasteiger partial charge >= 0.3 is 13.8 Å². The third-order valence-corrected chi connectivity index (χ3v) is 16.6. The highest BCUT2D eigenvalue weighted by molar-refractivity contribution is 7.47. The van der Waals surface area contributed by atoms with E-state index in [1.165, 1.54) is 257 Å². The van der Waals surface area contributed by atoms with Crippen LogP contribution in [0.15, 0.2) is 24.3 Å². The van der Waals surface area contributed by atoms with Gasteiger partial charge in [0.15, 0.2) is 0 Å². The van der Waals surface area contributed by atoms with Crippen molar-refractivity contribution in [3.8, 4) is 0 Å². The number of rotatable bonds is 63. The molecule has 0 aliphatic carbocycles. The van der Waals surface area contributed by atoms with E-state index in [2.05, 4.69) is 38.2 Å². The Labute approximate surface area is 485 Å². The summed E-state index contributed by atoms with van der Waals surface area (Å²) in [6.45, 7) is 7.06. The van der Waals surface area contributed by atoms with Crippen LogP contribution in [0.5, 0.6) is 0 Å². The lowest BCUT2D eigenvalue weighted by atomic mass is 10.0. The van der Waals surface area contributed by atoms with Crippen LogP contribution in [-0.2, 0) is 27.9 Å². The summed E-state index contributed by atoms with van der Waals surface area (Å²) in [6.07, 6.45) is 70.4. The SMILES string of the molecule is CCCCCCCC/C=C/CCCCCCCCCCCCCCCCCC(=O)NC(COP(=O)(O)OCC[N+](C)(C)C)C(/C=C\CCCCCCCCCCCC)OC(=O)CCCCCCCCCCCCCCCCC. The summed E-state index contributed by atoms with van der Waals surface area (Å²) < 4.78 is 30.8. The third kappa shape index (κ3) is 59.1. The molecule has 0 heterocycles. The van der Waals surface area contributed by atoms with Gasteiger partial charge in [0.25, 0.3) is 0 Å². The number of hydrogen-bond acceptors (Lipinski definition) is 6. The number of ether oxygens (including phenoxy) is 1. The second kappa shape index (κ2) is 58.7. The quantitative estimate of drug-likeness (QED) is 0.0205. The van der Waals surface area contributed by atoms with Gasteiger partial charge < -0.3 is 19.4 Å². The minimum Gasteiger partial charge on any atom is -0.456 e. The summed E-state index contributed by atoms with van der Waals surface area (Å²) in [6, 6.07) is -0.842. The zero-order valence-corrected chi connectivity index (χ0v) is 53.8. The topological polar surface area (TPSA) is 111 Å². The summed E-state index contributed by atoms with van der Waals surface area (Å²) in [5.74, 6) is -0.484. The second-order valence-electron chi connectivity index (χ2n) is 24.7. The molecule has 0 aliphatic heterocycles. The maximum atomic E-state index is 13.6. The summed E-state index contributed by atoms with van der Waals surface area (Å²) in [5.41, 5.74) is 0. The van der Waals surface area contributed by atoms with Crippen LogP contribution >= 0.6 is 7.82 Å². The molecule has 0 radical (unpaired) electrons. The van der Waals surface area contributed by atoms with E-state index in [0.717, 1.165) is 57.8 Å². The molecule has 0 saturated carbocycles. The Morgan fingerprint density at radius 3 is 1.09 bits per heavy atom. The van der Waals surface area contributed by atoms with Crippen LogP contribution < -0.4 is 5.32 Å². The summed E-state index contributed by atoms with van der Waals surface area (Å²) in [4.78, 5) is 37.8. The highest BCUT2D eigenvalue weighted by Crippen LogP contribution is 2.43. The first-order valence-corrected chi connectivity index (χ1v) is 35.7. The first-order chi connectivity index (χ1) is 37.9. The van der Waals surface area contributed by atoms with Gasteiger partial charge in [0.05, 0.1) is 33.8 Å². The molecule has 0 bridgehead atoms. The molecule has 78 heavy (non-hydrogen) atoms. The van der Waals surface area contributed by atoms with Crippen molar-refractivity contribution in [1.29, 1.82) is 0 Å². The van der Waals surface area contributed by atoms with Crippen molar-refractivity contribution in [2.75, 3.05) is 40.9 Å². The van der Waals surface area contributed by atoms with Gasteiger partial charge in [0, 0.05) is 12.8 Å². The molecule has 3 atom stereocenters. The van der Waals surface area contributed by atoms with E-state index in [9.17, 15) is 19.0 Å². The van der Waals surface area contributed by atoms with E-state index in [1.54, 1.807) is 0 Å². The second-order valence-corrected chi connectivity index (χ2v) is 26.2. The number of quaternary nitrogens is 1. The van der Waals surface area contributed by atoms with E-state index in [4.69, 9.17) is 13.8 Å². The molecule has 10 heteroatoms. The number of phosphoric acid groups is 1. The lowest BCUT2D eigenvalue weighted by molar-refractivity contribution is -0.870. The number of carbonyl (C=O) groups excluding carboxylic acids is 2. The molecule has 0 saturated heterocycles. The van der Waals surface area contributed by atoms with Crippen molar-refractivity contribution < 1.29 is 37.3 Å². The van der Waals surface area contributed by atoms with E-state index >= 15 is 0 Å². The Balaban J connectivity index is 5.02. The molecule has 3 unspecified atom stereocenters. The molecule has 0 aliphatic rings. The number of amides is 1. The average molecular weight is 1120 g/mol. The van der Waals surface area contributed by atoms with E-state index in [0.29, 0.717) is 23.9 Å². The van der Waals surface area contributed by atoms with Crippen molar-refractivity contribution >= 4 is 19.7 Å². The zero-order chi connectivity index (χ0) is 57.2. The highest BCUT2D eigenvalue weighted by atomic mass is 31.2. The normalized spacial score (nSPS) is 13.7. The largest absolute Gasteiger partial charge is 0.472 e. The number of allylic oxidation sites excluding steroid dienone is 3.